The highest BCUT2D eigenvalue weighted by molar-refractivity contribution is 9.09. The van der Waals surface area contributed by atoms with Crippen molar-refractivity contribution in [3.8, 4) is 0 Å². The van der Waals surface area contributed by atoms with Gasteiger partial charge in [0.2, 0.25) is 5.70 Å². The van der Waals surface area contributed by atoms with Gasteiger partial charge in [-0.1, -0.05) is 88.2 Å². The predicted molar refractivity (Wildman–Crippen MR) is 147 cm³/mol. The Morgan fingerprint density at radius 3 is 2.32 bits per heavy atom. The lowest BCUT2D eigenvalue weighted by atomic mass is 10.0. The molecule has 0 radical (unpaired) electrons. The summed E-state index contributed by atoms with van der Waals surface area (Å²) in [5.74, 6) is -2.57. The van der Waals surface area contributed by atoms with Gasteiger partial charge in [-0.3, -0.25) is 14.5 Å². The molecule has 2 aromatic rings. The zero-order chi connectivity index (χ0) is 27.2. The largest absolute Gasteiger partial charge is 0.509 e. The van der Waals surface area contributed by atoms with Crippen LogP contribution in [0.1, 0.15) is 17.2 Å². The van der Waals surface area contributed by atoms with Gasteiger partial charge in [0, 0.05) is 11.3 Å². The fraction of sp³-hybridized carbons (Fsp3) is 0.192. The van der Waals surface area contributed by atoms with Crippen molar-refractivity contribution in [2.75, 3.05) is 11.1 Å². The maximum absolute atomic E-state index is 13.6. The third-order valence-electron chi connectivity index (χ3n) is 5.88. The first kappa shape index (κ1) is 27.6. The Labute approximate surface area is 235 Å². The molecule has 1 fully saturated rings. The zero-order valence-electron chi connectivity index (χ0n) is 19.6. The van der Waals surface area contributed by atoms with Gasteiger partial charge in [-0.2, -0.15) is 0 Å². The number of aliphatic hydroxyl groups is 1. The van der Waals surface area contributed by atoms with Crippen LogP contribution < -0.4 is 5.32 Å². The van der Waals surface area contributed by atoms with Crippen LogP contribution in [0.15, 0.2) is 100 Å². The van der Waals surface area contributed by atoms with Crippen LogP contribution in [-0.2, 0) is 19.1 Å². The van der Waals surface area contributed by atoms with Crippen LogP contribution in [0.5, 0.6) is 0 Å². The number of nitrogens with one attached hydrogen (secondary N) is 1. The van der Waals surface area contributed by atoms with Crippen molar-refractivity contribution < 1.29 is 24.2 Å². The Balaban J connectivity index is 1.62. The first-order chi connectivity index (χ1) is 18.4. The summed E-state index contributed by atoms with van der Waals surface area (Å²) < 4.78 is 5.99. The number of rotatable bonds is 9. The number of carbonyl (C=O) groups is 3. The lowest BCUT2D eigenvalue weighted by molar-refractivity contribution is -0.154. The van der Waals surface area contributed by atoms with Crippen molar-refractivity contribution in [2.45, 2.75) is 17.5 Å². The number of thioether (sulfide) groups is 1. The molecule has 2 aliphatic heterocycles. The fourth-order valence-corrected chi connectivity index (χ4v) is 5.82. The van der Waals surface area contributed by atoms with Gasteiger partial charge in [-0.05, 0) is 28.0 Å². The van der Waals surface area contributed by atoms with E-state index < -0.39 is 46.8 Å². The first-order valence-corrected chi connectivity index (χ1v) is 13.9. The summed E-state index contributed by atoms with van der Waals surface area (Å²) in [6, 6.07) is 17.4. The van der Waals surface area contributed by atoms with Crippen LogP contribution >= 0.6 is 39.3 Å². The van der Waals surface area contributed by atoms with Crippen LogP contribution in [0.3, 0.4) is 0 Å². The minimum Gasteiger partial charge on any atom is -0.509 e. The third kappa shape index (κ3) is 5.54. The number of hydrogen-bond acceptors (Lipinski definition) is 8. The summed E-state index contributed by atoms with van der Waals surface area (Å²) in [5, 5.41) is 13.9. The van der Waals surface area contributed by atoms with Crippen LogP contribution in [0, 0.1) is 4.91 Å². The monoisotopic (exact) mass is 617 g/mol. The average molecular weight is 619 g/mol. The molecule has 2 heterocycles. The molecule has 2 amide bonds. The van der Waals surface area contributed by atoms with Crippen molar-refractivity contribution in [2.24, 2.45) is 5.18 Å². The van der Waals surface area contributed by atoms with E-state index in [1.165, 1.54) is 28.3 Å². The number of fused-ring (bicyclic) bond motifs is 1. The molecular formula is C26H21BrClN3O6S. The molecule has 2 atom stereocenters. The van der Waals surface area contributed by atoms with Gasteiger partial charge in [0.25, 0.3) is 11.8 Å². The number of nitrogens with zero attached hydrogens (tertiary/aromatic N) is 2. The quantitative estimate of drug-likeness (QED) is 0.105. The molecule has 1 saturated heterocycles. The van der Waals surface area contributed by atoms with Gasteiger partial charge in [0.1, 0.15) is 22.9 Å². The molecule has 0 aliphatic carbocycles. The van der Waals surface area contributed by atoms with Crippen LogP contribution in [0.25, 0.3) is 0 Å². The maximum atomic E-state index is 13.6. The minimum absolute atomic E-state index is 0.0191. The second-order valence-corrected chi connectivity index (χ2v) is 10.1. The first-order valence-electron chi connectivity index (χ1n) is 11.3. The van der Waals surface area contributed by atoms with Crippen molar-refractivity contribution in [1.29, 1.82) is 0 Å². The normalized spacial score (nSPS) is 19.6. The molecule has 38 heavy (non-hydrogen) atoms. The lowest BCUT2D eigenvalue weighted by Crippen LogP contribution is -2.70. The van der Waals surface area contributed by atoms with Gasteiger partial charge in [-0.25, -0.2) is 4.79 Å². The Morgan fingerprint density at radius 1 is 1.18 bits per heavy atom. The number of esters is 1. The number of carbonyl (C=O) groups excluding carboxylic acids is 3. The number of aliphatic hydroxyl groups excluding tert-OH is 1. The van der Waals surface area contributed by atoms with E-state index in [4.69, 9.17) is 16.3 Å². The summed E-state index contributed by atoms with van der Waals surface area (Å²) in [6.07, 6.45) is 0.781. The third-order valence-corrected chi connectivity index (χ3v) is 7.84. The van der Waals surface area contributed by atoms with Gasteiger partial charge < -0.3 is 15.2 Å². The van der Waals surface area contributed by atoms with Crippen molar-refractivity contribution in [1.82, 2.24) is 10.2 Å². The van der Waals surface area contributed by atoms with Crippen LogP contribution in [-0.4, -0.2) is 50.3 Å². The Bertz CT molecular complexity index is 1300. The zero-order valence-corrected chi connectivity index (χ0v) is 22.8. The summed E-state index contributed by atoms with van der Waals surface area (Å²) in [5.41, 5.74) is 2.51. The summed E-state index contributed by atoms with van der Waals surface area (Å²) in [4.78, 5) is 51.6. The lowest BCUT2D eigenvalue weighted by Gasteiger charge is -2.49. The molecule has 0 saturated carbocycles. The number of β-lactam (4-membered cyclic amide) rings is 1. The molecular weight excluding hydrogens is 598 g/mol. The Kier molecular flexibility index (Phi) is 9.03. The van der Waals surface area contributed by atoms with Gasteiger partial charge >= 0.3 is 5.97 Å². The van der Waals surface area contributed by atoms with Gasteiger partial charge in [0.05, 0.1) is 5.33 Å². The van der Waals surface area contributed by atoms with E-state index in [1.54, 1.807) is 0 Å². The van der Waals surface area contributed by atoms with E-state index in [-0.39, 0.29) is 11.0 Å². The summed E-state index contributed by atoms with van der Waals surface area (Å²) in [6.45, 7) is 0. The fourth-order valence-electron chi connectivity index (χ4n) is 4.08. The van der Waals surface area contributed by atoms with E-state index in [0.717, 1.165) is 11.1 Å². The molecule has 196 valence electrons. The maximum Gasteiger partial charge on any atom is 0.356 e. The van der Waals surface area contributed by atoms with Crippen molar-refractivity contribution in [3.63, 3.8) is 0 Å². The molecule has 0 aromatic heterocycles. The molecule has 12 heteroatoms. The van der Waals surface area contributed by atoms with E-state index in [1.807, 2.05) is 60.7 Å². The van der Waals surface area contributed by atoms with E-state index in [9.17, 15) is 24.4 Å². The second-order valence-electron chi connectivity index (χ2n) is 8.15. The molecule has 0 bridgehead atoms. The van der Waals surface area contributed by atoms with Crippen LogP contribution in [0.4, 0.5) is 0 Å². The predicted octanol–water partition coefficient (Wildman–Crippen LogP) is 4.66. The number of benzene rings is 2. The number of alkyl halides is 1. The van der Waals surface area contributed by atoms with Crippen molar-refractivity contribution in [3.05, 3.63) is 111 Å². The molecule has 1 unspecified atom stereocenters. The van der Waals surface area contributed by atoms with E-state index in [0.29, 0.717) is 11.3 Å². The number of amides is 2. The summed E-state index contributed by atoms with van der Waals surface area (Å²) >= 11 is 10.1. The molecule has 4 rings (SSSR count). The standard InChI is InChI=1S/C26H21BrClN3O6S/c27-13-18(32)19(30-36)23(33)29-20-24(34)31-21(17(11-12-28)14-38-25(20)31)26(35)37-22(15-7-3-1-4-8-15)16-9-5-2-6-10-16/h1-12,20,22,25,32H,13-14H2,(H,29,33)/b12-11+,19-18?/t20?,25-/m1/s1. The number of ether oxygens (including phenoxy) is 1. The molecule has 9 nitrogen and oxygen atoms in total. The number of halogens is 2. The van der Waals surface area contributed by atoms with E-state index >= 15 is 0 Å². The molecule has 2 aliphatic rings. The highest BCUT2D eigenvalue weighted by Gasteiger charge is 2.54. The smallest absolute Gasteiger partial charge is 0.356 e. The highest BCUT2D eigenvalue weighted by atomic mass is 79.9. The minimum atomic E-state index is -1.05. The molecule has 2 aromatic carbocycles. The van der Waals surface area contributed by atoms with Gasteiger partial charge in [0.15, 0.2) is 6.10 Å². The second kappa shape index (κ2) is 12.4. The molecule has 0 spiro atoms. The number of allylic oxidation sites excluding steroid dienone is 2. The SMILES string of the molecule is O=NC(C(=O)NC1C(=O)N2C(C(=O)OC(c3ccccc3)c3ccccc3)=C(/C=C/Cl)CS[C@H]12)=C(O)CBr. The number of hydrogen-bond donors (Lipinski definition) is 2. The number of nitroso groups, excluding NO2 is 1. The van der Waals surface area contributed by atoms with Crippen LogP contribution in [0.2, 0.25) is 0 Å². The highest BCUT2D eigenvalue weighted by Crippen LogP contribution is 2.42. The Morgan fingerprint density at radius 2 is 1.79 bits per heavy atom. The van der Waals surface area contributed by atoms with E-state index in [2.05, 4.69) is 26.4 Å². The van der Waals surface area contributed by atoms with Crippen molar-refractivity contribution >= 4 is 57.1 Å². The summed E-state index contributed by atoms with van der Waals surface area (Å²) in [7, 11) is 0. The average Bonchev–Trinajstić information content (AvgIpc) is 2.95. The van der Waals surface area contributed by atoms with Gasteiger partial charge in [-0.15, -0.1) is 16.7 Å². The topological polar surface area (TPSA) is 125 Å². The Hall–Kier alpha value is -3.41. The molecule has 2 N–H and O–H groups in total.